The summed E-state index contributed by atoms with van der Waals surface area (Å²) in [5.41, 5.74) is -0.241. The number of carbonyl (C=O) groups is 4. The summed E-state index contributed by atoms with van der Waals surface area (Å²) in [6, 6.07) is 20.9. The Bertz CT molecular complexity index is 1530. The minimum absolute atomic E-state index is 0.0380. The van der Waals surface area contributed by atoms with Crippen LogP contribution in [0.3, 0.4) is 0 Å². The average Bonchev–Trinajstić information content (AvgIpc) is 2.89. The Morgan fingerprint density at radius 1 is 0.676 bits per heavy atom. The van der Waals surface area contributed by atoms with Crippen molar-refractivity contribution >= 4 is 29.3 Å². The molecule has 0 radical (unpaired) electrons. The number of amides is 1. The van der Waals surface area contributed by atoms with E-state index < -0.39 is 40.6 Å². The number of carboxylic acid groups (broad SMARTS) is 2. The number of nitrogens with one attached hydrogen (secondary N) is 1. The summed E-state index contributed by atoms with van der Waals surface area (Å²) in [4.78, 5) is 48.9. The third-order valence-corrected chi connectivity index (χ3v) is 5.34. The predicted octanol–water partition coefficient (Wildman–Crippen LogP) is 5.50. The van der Waals surface area contributed by atoms with Gasteiger partial charge in [0.15, 0.2) is 11.5 Å². The highest BCUT2D eigenvalue weighted by molar-refractivity contribution is 6.17. The third kappa shape index (κ3) is 5.51. The van der Waals surface area contributed by atoms with Gasteiger partial charge in [-0.2, -0.15) is 0 Å². The lowest BCUT2D eigenvalue weighted by Crippen LogP contribution is -2.17. The number of hydrogen-bond acceptors (Lipinski definition) is 5. The molecular formula is C28H18FNO7. The minimum Gasteiger partial charge on any atom is -0.478 e. The zero-order valence-corrected chi connectivity index (χ0v) is 19.0. The van der Waals surface area contributed by atoms with Gasteiger partial charge in [0, 0.05) is 11.1 Å². The smallest absolute Gasteiger partial charge is 0.336 e. The van der Waals surface area contributed by atoms with Crippen molar-refractivity contribution in [2.45, 2.75) is 0 Å². The highest BCUT2D eigenvalue weighted by Gasteiger charge is 2.20. The largest absolute Gasteiger partial charge is 0.478 e. The number of rotatable bonds is 8. The molecule has 0 bridgehead atoms. The molecule has 4 rings (SSSR count). The zero-order chi connectivity index (χ0) is 26.5. The number of ketones is 1. The van der Waals surface area contributed by atoms with E-state index >= 15 is 0 Å². The first-order valence-electron chi connectivity index (χ1n) is 10.8. The molecular weight excluding hydrogens is 481 g/mol. The highest BCUT2D eigenvalue weighted by Crippen LogP contribution is 2.31. The lowest BCUT2D eigenvalue weighted by molar-refractivity contribution is 0.0651. The van der Waals surface area contributed by atoms with E-state index in [1.807, 2.05) is 0 Å². The lowest BCUT2D eigenvalue weighted by atomic mass is 9.98. The van der Waals surface area contributed by atoms with Crippen LogP contribution in [0.15, 0.2) is 91.0 Å². The van der Waals surface area contributed by atoms with Gasteiger partial charge >= 0.3 is 11.9 Å². The van der Waals surface area contributed by atoms with Gasteiger partial charge in [0.2, 0.25) is 0 Å². The Morgan fingerprint density at radius 3 is 1.97 bits per heavy atom. The van der Waals surface area contributed by atoms with Crippen molar-refractivity contribution in [1.82, 2.24) is 0 Å². The van der Waals surface area contributed by atoms with Crippen molar-refractivity contribution in [3.05, 3.63) is 125 Å². The third-order valence-electron chi connectivity index (χ3n) is 5.34. The standard InChI is InChI=1S/C28H18FNO7/c29-17-11-9-16(10-12-17)25(31)19-5-1-2-6-20(19)26(32)30-23-7-3-4-8-24(23)37-18-13-14-21(27(33)34)22(15-18)28(35)36/h1-15H,(H,30,32)(H,33,34)(H,35,36). The number of hydrogen-bond donors (Lipinski definition) is 3. The lowest BCUT2D eigenvalue weighted by Gasteiger charge is -2.14. The van der Waals surface area contributed by atoms with Crippen LogP contribution in [0.5, 0.6) is 11.5 Å². The molecule has 0 atom stereocenters. The predicted molar refractivity (Wildman–Crippen MR) is 131 cm³/mol. The van der Waals surface area contributed by atoms with Gasteiger partial charge in [0.25, 0.3) is 5.91 Å². The van der Waals surface area contributed by atoms with E-state index in [2.05, 4.69) is 5.32 Å². The topological polar surface area (TPSA) is 130 Å². The van der Waals surface area contributed by atoms with Gasteiger partial charge < -0.3 is 20.3 Å². The molecule has 0 fully saturated rings. The molecule has 9 heteroatoms. The van der Waals surface area contributed by atoms with E-state index in [0.29, 0.717) is 0 Å². The molecule has 37 heavy (non-hydrogen) atoms. The van der Waals surface area contributed by atoms with Crippen LogP contribution in [0.1, 0.15) is 47.0 Å². The van der Waals surface area contributed by atoms with Crippen molar-refractivity contribution in [2.24, 2.45) is 0 Å². The van der Waals surface area contributed by atoms with Crippen LogP contribution in [0.4, 0.5) is 10.1 Å². The Balaban J connectivity index is 1.61. The molecule has 4 aromatic rings. The molecule has 0 heterocycles. The molecule has 184 valence electrons. The second kappa shape index (κ2) is 10.5. The summed E-state index contributed by atoms with van der Waals surface area (Å²) in [6.07, 6.45) is 0. The maximum Gasteiger partial charge on any atom is 0.336 e. The fourth-order valence-corrected chi connectivity index (χ4v) is 3.56. The number of aromatic carboxylic acids is 2. The average molecular weight is 499 g/mol. The van der Waals surface area contributed by atoms with Crippen LogP contribution in [-0.4, -0.2) is 33.8 Å². The quantitative estimate of drug-likeness (QED) is 0.273. The Hall–Kier alpha value is -5.31. The number of carbonyl (C=O) groups excluding carboxylic acids is 2. The Kier molecular flexibility index (Phi) is 7.06. The molecule has 0 aromatic heterocycles. The van der Waals surface area contributed by atoms with Gasteiger partial charge in [-0.3, -0.25) is 9.59 Å². The first-order chi connectivity index (χ1) is 17.7. The molecule has 1 amide bonds. The fourth-order valence-electron chi connectivity index (χ4n) is 3.56. The molecule has 3 N–H and O–H groups in total. The van der Waals surface area contributed by atoms with Crippen LogP contribution in [0.2, 0.25) is 0 Å². The van der Waals surface area contributed by atoms with E-state index in [1.54, 1.807) is 30.3 Å². The summed E-state index contributed by atoms with van der Waals surface area (Å²) in [5, 5.41) is 21.2. The van der Waals surface area contributed by atoms with E-state index in [4.69, 9.17) is 4.74 Å². The van der Waals surface area contributed by atoms with Crippen LogP contribution < -0.4 is 10.1 Å². The summed E-state index contributed by atoms with van der Waals surface area (Å²) >= 11 is 0. The van der Waals surface area contributed by atoms with E-state index in [0.717, 1.165) is 24.3 Å². The summed E-state index contributed by atoms with van der Waals surface area (Å²) < 4.78 is 19.0. The van der Waals surface area contributed by atoms with Gasteiger partial charge in [-0.05, 0) is 60.7 Å². The Morgan fingerprint density at radius 2 is 1.30 bits per heavy atom. The van der Waals surface area contributed by atoms with E-state index in [1.165, 1.54) is 36.4 Å². The van der Waals surface area contributed by atoms with Crippen LogP contribution in [0, 0.1) is 5.82 Å². The first-order valence-corrected chi connectivity index (χ1v) is 10.8. The number of halogens is 1. The molecule has 0 saturated carbocycles. The molecule has 0 aliphatic heterocycles. The molecule has 0 aliphatic carbocycles. The Labute approximate surface area is 209 Å². The van der Waals surface area contributed by atoms with Crippen LogP contribution in [0.25, 0.3) is 0 Å². The normalized spacial score (nSPS) is 10.4. The van der Waals surface area contributed by atoms with Gasteiger partial charge in [0.1, 0.15) is 11.6 Å². The molecule has 0 spiro atoms. The number of ether oxygens (including phenoxy) is 1. The maximum absolute atomic E-state index is 13.3. The molecule has 4 aromatic carbocycles. The van der Waals surface area contributed by atoms with E-state index in [-0.39, 0.29) is 33.9 Å². The van der Waals surface area contributed by atoms with Gasteiger partial charge in [-0.15, -0.1) is 0 Å². The maximum atomic E-state index is 13.3. The number of carboxylic acids is 2. The number of benzene rings is 4. The fraction of sp³-hybridized carbons (Fsp3) is 0. The zero-order valence-electron chi connectivity index (χ0n) is 19.0. The van der Waals surface area contributed by atoms with Crippen molar-refractivity contribution in [1.29, 1.82) is 0 Å². The van der Waals surface area contributed by atoms with Crippen molar-refractivity contribution < 1.29 is 38.5 Å². The highest BCUT2D eigenvalue weighted by atomic mass is 19.1. The summed E-state index contributed by atoms with van der Waals surface area (Å²) in [5.74, 6) is -4.22. The minimum atomic E-state index is -1.44. The van der Waals surface area contributed by atoms with Crippen LogP contribution >= 0.6 is 0 Å². The monoisotopic (exact) mass is 499 g/mol. The van der Waals surface area contributed by atoms with Gasteiger partial charge in [-0.25, -0.2) is 14.0 Å². The van der Waals surface area contributed by atoms with Crippen LogP contribution in [-0.2, 0) is 0 Å². The number of anilines is 1. The summed E-state index contributed by atoms with van der Waals surface area (Å²) in [7, 11) is 0. The molecule has 0 aliphatic rings. The molecule has 0 unspecified atom stereocenters. The van der Waals surface area contributed by atoms with Crippen molar-refractivity contribution in [2.75, 3.05) is 5.32 Å². The van der Waals surface area contributed by atoms with Gasteiger partial charge in [-0.1, -0.05) is 30.3 Å². The number of para-hydroxylation sites is 2. The second-order valence-corrected chi connectivity index (χ2v) is 7.75. The summed E-state index contributed by atoms with van der Waals surface area (Å²) in [6.45, 7) is 0. The second-order valence-electron chi connectivity index (χ2n) is 7.75. The molecule has 0 saturated heterocycles. The van der Waals surface area contributed by atoms with Crippen molar-refractivity contribution in [3.8, 4) is 11.5 Å². The SMILES string of the molecule is O=C(O)c1ccc(Oc2ccccc2NC(=O)c2ccccc2C(=O)c2ccc(F)cc2)cc1C(=O)O. The first kappa shape index (κ1) is 24.8. The van der Waals surface area contributed by atoms with Crippen molar-refractivity contribution in [3.63, 3.8) is 0 Å². The molecule has 8 nitrogen and oxygen atoms in total. The van der Waals surface area contributed by atoms with Gasteiger partial charge in [0.05, 0.1) is 22.4 Å². The van der Waals surface area contributed by atoms with E-state index in [9.17, 15) is 33.8 Å².